The first-order valence-corrected chi connectivity index (χ1v) is 9.24. The van der Waals surface area contributed by atoms with Crippen molar-refractivity contribution in [2.24, 2.45) is 0 Å². The van der Waals surface area contributed by atoms with Gasteiger partial charge in [-0.15, -0.1) is 0 Å². The van der Waals surface area contributed by atoms with Gasteiger partial charge in [0.2, 0.25) is 0 Å². The number of nitrogens with one attached hydrogen (secondary N) is 1. The van der Waals surface area contributed by atoms with Gasteiger partial charge in [0.25, 0.3) is 5.91 Å². The molecule has 0 saturated heterocycles. The molecule has 2 aromatic carbocycles. The maximum Gasteiger partial charge on any atom is 0.338 e. The average molecular weight is 383 g/mol. The van der Waals surface area contributed by atoms with Crippen LogP contribution in [0.5, 0.6) is 0 Å². The van der Waals surface area contributed by atoms with Gasteiger partial charge in [-0.3, -0.25) is 4.79 Å². The van der Waals surface area contributed by atoms with Crippen LogP contribution in [-0.4, -0.2) is 32.7 Å². The molecule has 0 unspecified atom stereocenters. The van der Waals surface area contributed by atoms with Gasteiger partial charge in [0.1, 0.15) is 11.6 Å². The summed E-state index contributed by atoms with van der Waals surface area (Å²) in [5.74, 6) is -3.30. The van der Waals surface area contributed by atoms with E-state index in [-0.39, 0.29) is 16.1 Å². The highest BCUT2D eigenvalue weighted by Gasteiger charge is 2.20. The molecular weight excluding hydrogens is 368 g/mol. The number of rotatable bonds is 5. The van der Waals surface area contributed by atoms with Crippen LogP contribution in [0.15, 0.2) is 47.4 Å². The molecule has 26 heavy (non-hydrogen) atoms. The van der Waals surface area contributed by atoms with Crippen molar-refractivity contribution in [3.63, 3.8) is 0 Å². The van der Waals surface area contributed by atoms with Crippen LogP contribution in [0.1, 0.15) is 17.3 Å². The molecule has 0 aliphatic carbocycles. The van der Waals surface area contributed by atoms with Crippen LogP contribution in [0.25, 0.3) is 0 Å². The molecule has 9 heteroatoms. The fourth-order valence-electron chi connectivity index (χ4n) is 1.95. The largest absolute Gasteiger partial charge is 0.449 e. The maximum absolute atomic E-state index is 13.5. The Morgan fingerprint density at radius 3 is 2.27 bits per heavy atom. The molecule has 6 nitrogen and oxygen atoms in total. The van der Waals surface area contributed by atoms with Crippen molar-refractivity contribution >= 4 is 27.4 Å². The summed E-state index contributed by atoms with van der Waals surface area (Å²) in [6.45, 7) is 1.26. The number of amides is 1. The van der Waals surface area contributed by atoms with E-state index in [4.69, 9.17) is 4.74 Å². The van der Waals surface area contributed by atoms with E-state index in [1.54, 1.807) is 0 Å². The monoisotopic (exact) mass is 383 g/mol. The van der Waals surface area contributed by atoms with Crippen molar-refractivity contribution in [1.82, 2.24) is 0 Å². The molecule has 138 valence electrons. The van der Waals surface area contributed by atoms with E-state index in [0.717, 1.165) is 24.5 Å². The Morgan fingerprint density at radius 1 is 1.08 bits per heavy atom. The van der Waals surface area contributed by atoms with Crippen LogP contribution in [-0.2, 0) is 19.4 Å². The Labute approximate surface area is 148 Å². The highest BCUT2D eigenvalue weighted by atomic mass is 32.2. The van der Waals surface area contributed by atoms with E-state index in [9.17, 15) is 26.8 Å². The zero-order valence-electron chi connectivity index (χ0n) is 13.8. The number of benzene rings is 2. The minimum Gasteiger partial charge on any atom is -0.449 e. The Morgan fingerprint density at radius 2 is 1.69 bits per heavy atom. The second-order valence-corrected chi connectivity index (χ2v) is 7.47. The van der Waals surface area contributed by atoms with Crippen molar-refractivity contribution in [3.8, 4) is 0 Å². The summed E-state index contributed by atoms with van der Waals surface area (Å²) in [5.41, 5.74) is -0.343. The fourth-order valence-corrected chi connectivity index (χ4v) is 2.58. The number of ether oxygens (including phenoxy) is 1. The molecule has 2 aromatic rings. The van der Waals surface area contributed by atoms with Gasteiger partial charge in [-0.2, -0.15) is 0 Å². The van der Waals surface area contributed by atoms with Crippen LogP contribution in [0.4, 0.5) is 14.5 Å². The van der Waals surface area contributed by atoms with Crippen LogP contribution in [0, 0.1) is 11.6 Å². The smallest absolute Gasteiger partial charge is 0.338 e. The van der Waals surface area contributed by atoms with Gasteiger partial charge in [-0.25, -0.2) is 22.0 Å². The van der Waals surface area contributed by atoms with Gasteiger partial charge in [-0.05, 0) is 43.3 Å². The molecule has 1 N–H and O–H groups in total. The van der Waals surface area contributed by atoms with Crippen LogP contribution in [0.3, 0.4) is 0 Å². The predicted octanol–water partition coefficient (Wildman–Crippen LogP) is 2.55. The van der Waals surface area contributed by atoms with E-state index >= 15 is 0 Å². The predicted molar refractivity (Wildman–Crippen MR) is 89.4 cm³/mol. The van der Waals surface area contributed by atoms with Gasteiger partial charge >= 0.3 is 5.97 Å². The van der Waals surface area contributed by atoms with Crippen molar-refractivity contribution in [2.75, 3.05) is 11.6 Å². The minimum atomic E-state index is -3.41. The quantitative estimate of drug-likeness (QED) is 0.802. The van der Waals surface area contributed by atoms with Crippen molar-refractivity contribution in [3.05, 3.63) is 59.7 Å². The number of sulfone groups is 1. The first-order valence-electron chi connectivity index (χ1n) is 7.35. The van der Waals surface area contributed by atoms with Crippen molar-refractivity contribution in [2.45, 2.75) is 17.9 Å². The van der Waals surface area contributed by atoms with E-state index < -0.39 is 39.5 Å². The number of carbonyl (C=O) groups is 2. The van der Waals surface area contributed by atoms with E-state index in [1.165, 1.54) is 31.2 Å². The molecule has 1 atom stereocenters. The minimum absolute atomic E-state index is 0.0291. The molecule has 1 amide bonds. The third kappa shape index (κ3) is 4.85. The highest BCUT2D eigenvalue weighted by molar-refractivity contribution is 7.90. The molecule has 0 radical (unpaired) electrons. The van der Waals surface area contributed by atoms with Gasteiger partial charge in [-0.1, -0.05) is 0 Å². The van der Waals surface area contributed by atoms with Crippen LogP contribution in [0.2, 0.25) is 0 Å². The number of carbonyl (C=O) groups excluding carboxylic acids is 2. The lowest BCUT2D eigenvalue weighted by Crippen LogP contribution is -2.30. The van der Waals surface area contributed by atoms with Crippen molar-refractivity contribution in [1.29, 1.82) is 0 Å². The summed E-state index contributed by atoms with van der Waals surface area (Å²) in [5, 5.41) is 2.13. The molecule has 0 aliphatic heterocycles. The Bertz CT molecular complexity index is 942. The summed E-state index contributed by atoms with van der Waals surface area (Å²) >= 11 is 0. The van der Waals surface area contributed by atoms with Gasteiger partial charge in [0.15, 0.2) is 15.9 Å². The SMILES string of the molecule is C[C@H](OC(=O)c1ccc(S(C)(=O)=O)cc1)C(=O)Nc1cc(F)ccc1F. The van der Waals surface area contributed by atoms with Crippen LogP contribution < -0.4 is 5.32 Å². The van der Waals surface area contributed by atoms with Gasteiger partial charge in [0, 0.05) is 12.3 Å². The van der Waals surface area contributed by atoms with E-state index in [1.807, 2.05) is 0 Å². The fraction of sp³-hybridized carbons (Fsp3) is 0.176. The summed E-state index contributed by atoms with van der Waals surface area (Å²) in [7, 11) is -3.41. The molecule has 0 fully saturated rings. The second-order valence-electron chi connectivity index (χ2n) is 5.46. The van der Waals surface area contributed by atoms with Crippen molar-refractivity contribution < 1.29 is 31.5 Å². The third-order valence-corrected chi connectivity index (χ3v) is 4.49. The number of hydrogen-bond acceptors (Lipinski definition) is 5. The molecule has 2 rings (SSSR count). The molecule has 0 bridgehead atoms. The standard InChI is InChI=1S/C17H15F2NO5S/c1-10(16(21)20-15-9-12(18)5-8-14(15)19)25-17(22)11-3-6-13(7-4-11)26(2,23)24/h3-10H,1-2H3,(H,20,21)/t10-/m0/s1. The first-order chi connectivity index (χ1) is 12.1. The molecular formula is C17H15F2NO5S. The number of halogens is 2. The molecule has 0 aliphatic rings. The summed E-state index contributed by atoms with van der Waals surface area (Å²) in [4.78, 5) is 24.0. The van der Waals surface area contributed by atoms with Crippen LogP contribution >= 0.6 is 0 Å². The molecule has 0 saturated carbocycles. The molecule has 0 spiro atoms. The number of anilines is 1. The lowest BCUT2D eigenvalue weighted by Gasteiger charge is -2.14. The lowest BCUT2D eigenvalue weighted by molar-refractivity contribution is -0.123. The normalized spacial score (nSPS) is 12.3. The van der Waals surface area contributed by atoms with Gasteiger partial charge < -0.3 is 10.1 Å². The Kier molecular flexibility index (Phi) is 5.71. The Balaban J connectivity index is 2.04. The molecule has 0 aromatic heterocycles. The number of esters is 1. The zero-order chi connectivity index (χ0) is 19.5. The third-order valence-electron chi connectivity index (χ3n) is 3.36. The summed E-state index contributed by atoms with van der Waals surface area (Å²) < 4.78 is 54.3. The molecule has 0 heterocycles. The second kappa shape index (κ2) is 7.61. The topological polar surface area (TPSA) is 89.5 Å². The van der Waals surface area contributed by atoms with E-state index in [2.05, 4.69) is 5.32 Å². The number of hydrogen-bond donors (Lipinski definition) is 1. The summed E-state index contributed by atoms with van der Waals surface area (Å²) in [6.07, 6.45) is -0.266. The zero-order valence-corrected chi connectivity index (χ0v) is 14.6. The summed E-state index contributed by atoms with van der Waals surface area (Å²) in [6, 6.07) is 7.51. The first kappa shape index (κ1) is 19.5. The van der Waals surface area contributed by atoms with Gasteiger partial charge in [0.05, 0.1) is 16.1 Å². The lowest BCUT2D eigenvalue weighted by atomic mass is 10.2. The average Bonchev–Trinajstić information content (AvgIpc) is 2.57. The highest BCUT2D eigenvalue weighted by Crippen LogP contribution is 2.16. The Hall–Kier alpha value is -2.81. The van der Waals surface area contributed by atoms with E-state index in [0.29, 0.717) is 0 Å². The maximum atomic E-state index is 13.5.